The maximum absolute atomic E-state index is 6.08. The summed E-state index contributed by atoms with van der Waals surface area (Å²) >= 11 is 0. The van der Waals surface area contributed by atoms with Crippen LogP contribution in [0.25, 0.3) is 16.7 Å². The first kappa shape index (κ1) is 32.3. The molecule has 0 spiro atoms. The van der Waals surface area contributed by atoms with Gasteiger partial charge < -0.3 is 9.98 Å². The molecule has 0 amide bonds. The molecule has 3 aliphatic rings. The highest BCUT2D eigenvalue weighted by Crippen LogP contribution is 2.28. The highest BCUT2D eigenvalue weighted by atomic mass is 15.0. The monoisotopic (exact) mass is 558 g/mol. The minimum Gasteiger partial charge on any atom is -0.345 e. The Kier molecular flexibility index (Phi) is 13.5. The van der Waals surface area contributed by atoms with Gasteiger partial charge in [-0.25, -0.2) is 9.97 Å². The molecule has 2 aromatic rings. The number of aryl methyl sites for hydroxylation is 2. The molecule has 42 heavy (non-hydrogen) atoms. The van der Waals surface area contributed by atoms with Crippen LogP contribution >= 0.6 is 0 Å². The highest BCUT2D eigenvalue weighted by Gasteiger charge is 2.16. The summed E-state index contributed by atoms with van der Waals surface area (Å²) in [5.41, 5.74) is 9.93. The Morgan fingerprint density at radius 1 is 1.05 bits per heavy atom. The van der Waals surface area contributed by atoms with Crippen molar-refractivity contribution in [2.24, 2.45) is 0 Å². The molecule has 2 aromatic heterocycles. The Balaban J connectivity index is 0.000000745. The van der Waals surface area contributed by atoms with Gasteiger partial charge in [0.1, 0.15) is 0 Å². The van der Waals surface area contributed by atoms with Gasteiger partial charge in [-0.2, -0.15) is 0 Å². The lowest BCUT2D eigenvalue weighted by molar-refractivity contribution is 0.630. The van der Waals surface area contributed by atoms with Crippen LogP contribution in [0, 0.1) is 24.7 Å². The van der Waals surface area contributed by atoms with E-state index in [4.69, 9.17) is 15.4 Å². The first-order valence-corrected chi connectivity index (χ1v) is 15.2. The molecule has 0 bridgehead atoms. The van der Waals surface area contributed by atoms with Crippen molar-refractivity contribution < 1.29 is 0 Å². The average molecular weight is 559 g/mol. The van der Waals surface area contributed by atoms with Crippen molar-refractivity contribution in [3.8, 4) is 12.3 Å². The summed E-state index contributed by atoms with van der Waals surface area (Å²) in [6.07, 6.45) is 39.2. The van der Waals surface area contributed by atoms with Crippen molar-refractivity contribution in [1.29, 1.82) is 5.41 Å². The average Bonchev–Trinajstić information content (AvgIpc) is 3.26. The fourth-order valence-electron chi connectivity index (χ4n) is 5.38. The van der Waals surface area contributed by atoms with Gasteiger partial charge in [0.05, 0.1) is 11.4 Å². The maximum Gasteiger partial charge on any atom is 0.156 e. The van der Waals surface area contributed by atoms with Crippen molar-refractivity contribution in [2.75, 3.05) is 0 Å². The van der Waals surface area contributed by atoms with Crippen LogP contribution in [0.2, 0.25) is 0 Å². The number of aromatic nitrogens is 3. The smallest absolute Gasteiger partial charge is 0.156 e. The molecule has 218 valence electrons. The molecule has 0 fully saturated rings. The second-order valence-corrected chi connectivity index (χ2v) is 10.5. The molecule has 5 rings (SSSR count). The van der Waals surface area contributed by atoms with E-state index in [0.717, 1.165) is 54.2 Å². The van der Waals surface area contributed by atoms with Crippen molar-refractivity contribution in [3.05, 3.63) is 113 Å². The molecule has 0 aliphatic heterocycles. The predicted molar refractivity (Wildman–Crippen MR) is 181 cm³/mol. The van der Waals surface area contributed by atoms with Crippen molar-refractivity contribution >= 4 is 22.9 Å². The summed E-state index contributed by atoms with van der Waals surface area (Å²) in [6, 6.07) is 4.55. The fraction of sp³-hybridized carbons (Fsp3) is 0.342. The van der Waals surface area contributed by atoms with Crippen molar-refractivity contribution in [1.82, 2.24) is 14.5 Å². The zero-order valence-corrected chi connectivity index (χ0v) is 25.9. The third-order valence-electron chi connectivity index (χ3n) is 7.35. The topological polar surface area (TPSA) is 54.6 Å². The Morgan fingerprint density at radius 2 is 1.83 bits per heavy atom. The third-order valence-corrected chi connectivity index (χ3v) is 7.35. The number of terminal acetylenes is 1. The van der Waals surface area contributed by atoms with Crippen molar-refractivity contribution in [2.45, 2.75) is 85.6 Å². The fourth-order valence-corrected chi connectivity index (χ4v) is 5.38. The van der Waals surface area contributed by atoms with Crippen LogP contribution in [-0.2, 0) is 19.4 Å². The van der Waals surface area contributed by atoms with Crippen LogP contribution in [0.4, 0.5) is 0 Å². The molecule has 1 N–H and O–H groups in total. The number of hydrogen-bond acceptors (Lipinski definition) is 3. The number of nitrogens with one attached hydrogen (secondary N) is 1. The van der Waals surface area contributed by atoms with Gasteiger partial charge in [0.25, 0.3) is 0 Å². The van der Waals surface area contributed by atoms with Crippen molar-refractivity contribution in [3.63, 3.8) is 0 Å². The van der Waals surface area contributed by atoms with E-state index >= 15 is 0 Å². The number of hydrogen-bond donors (Lipinski definition) is 1. The number of fused-ring (bicyclic) bond motifs is 1. The van der Waals surface area contributed by atoms with Gasteiger partial charge >= 0.3 is 0 Å². The van der Waals surface area contributed by atoms with Gasteiger partial charge in [0, 0.05) is 23.5 Å². The Morgan fingerprint density at radius 3 is 2.62 bits per heavy atom. The molecule has 4 heteroatoms. The molecule has 0 aromatic carbocycles. The van der Waals surface area contributed by atoms with E-state index in [-0.39, 0.29) is 0 Å². The van der Waals surface area contributed by atoms with Gasteiger partial charge in [0.2, 0.25) is 0 Å². The summed E-state index contributed by atoms with van der Waals surface area (Å²) < 4.78 is 2.49. The number of rotatable bonds is 6. The minimum atomic E-state index is 0.820. The summed E-state index contributed by atoms with van der Waals surface area (Å²) in [7, 11) is 0. The van der Waals surface area contributed by atoms with E-state index in [1.165, 1.54) is 55.3 Å². The maximum atomic E-state index is 6.08. The molecule has 0 saturated heterocycles. The van der Waals surface area contributed by atoms with Crippen LogP contribution in [0.5, 0.6) is 0 Å². The Hall–Kier alpha value is -4.23. The van der Waals surface area contributed by atoms with E-state index < -0.39 is 0 Å². The molecule has 0 atom stereocenters. The van der Waals surface area contributed by atoms with E-state index in [2.05, 4.69) is 110 Å². The summed E-state index contributed by atoms with van der Waals surface area (Å²) in [4.78, 5) is 10.1. The quantitative estimate of drug-likeness (QED) is 0.218. The first-order valence-electron chi connectivity index (χ1n) is 15.2. The predicted octanol–water partition coefficient (Wildman–Crippen LogP) is 9.44. The molecular formula is C38H46N4. The molecule has 0 radical (unpaired) electrons. The molecule has 0 saturated carbocycles. The standard InChI is InChI=1S/C33H37N3.C3H4.C2H5N/c1-3-26(20-14-22-36-25(2)23-29-19-12-13-21-32(29)36)30-24-31(27-15-8-4-5-9-16-27)35-33(34-30)28-17-10-6-7-11-18-28;1-3-2;1-2-3/h3,6-8,10-11,14-17,20,23-24H,4-5,9,12-13,18-19,21-22H2,1-2H3;1H,2H3;2-3H,1H3/b20-14-,26-3+;;. The Bertz CT molecular complexity index is 1460. The molecule has 3 aliphatic carbocycles. The molecular weight excluding hydrogens is 512 g/mol. The second-order valence-electron chi connectivity index (χ2n) is 10.5. The largest absolute Gasteiger partial charge is 0.345 e. The minimum absolute atomic E-state index is 0.820. The summed E-state index contributed by atoms with van der Waals surface area (Å²) in [5.74, 6) is 3.07. The molecule has 2 heterocycles. The number of allylic oxidation sites excluding steroid dienone is 14. The zero-order valence-electron chi connectivity index (χ0n) is 25.9. The Labute approximate surface area is 253 Å². The van der Waals surface area contributed by atoms with Gasteiger partial charge in [0.15, 0.2) is 5.82 Å². The van der Waals surface area contributed by atoms with E-state index in [1.807, 2.05) is 0 Å². The SMILES string of the molecule is C#CC.C/C=C(\C=C/Cn1c(C)cc2c1CCCC2)c1cc(C2=CCCCC=C2)nc(C2=CC=CC=CC2)n1.CC=N. The normalized spacial score (nSPS) is 16.0. The van der Waals surface area contributed by atoms with Crippen LogP contribution in [0.15, 0.2) is 79.0 Å². The lowest BCUT2D eigenvalue weighted by Gasteiger charge is -2.15. The van der Waals surface area contributed by atoms with Gasteiger partial charge in [-0.05, 0) is 114 Å². The third kappa shape index (κ3) is 9.14. The first-order chi connectivity index (χ1) is 20.6. The van der Waals surface area contributed by atoms with Crippen LogP contribution in [-0.4, -0.2) is 20.7 Å². The van der Waals surface area contributed by atoms with Gasteiger partial charge in [-0.15, -0.1) is 12.3 Å². The number of nitrogens with zero attached hydrogens (tertiary/aromatic N) is 3. The van der Waals surface area contributed by atoms with E-state index in [1.54, 1.807) is 19.4 Å². The highest BCUT2D eigenvalue weighted by molar-refractivity contribution is 5.78. The second kappa shape index (κ2) is 17.6. The summed E-state index contributed by atoms with van der Waals surface area (Å²) in [5, 5.41) is 6.08. The van der Waals surface area contributed by atoms with E-state index in [0.29, 0.717) is 0 Å². The van der Waals surface area contributed by atoms with Crippen LogP contribution in [0.1, 0.15) is 93.5 Å². The van der Waals surface area contributed by atoms with Gasteiger partial charge in [-0.3, -0.25) is 0 Å². The summed E-state index contributed by atoms with van der Waals surface area (Å²) in [6.45, 7) is 8.56. The van der Waals surface area contributed by atoms with Gasteiger partial charge in [-0.1, -0.05) is 66.8 Å². The van der Waals surface area contributed by atoms with Crippen LogP contribution < -0.4 is 0 Å². The molecule has 0 unspecified atom stereocenters. The molecule has 4 nitrogen and oxygen atoms in total. The zero-order chi connectivity index (χ0) is 30.2. The lowest BCUT2D eigenvalue weighted by atomic mass is 9.98. The lowest BCUT2D eigenvalue weighted by Crippen LogP contribution is -2.08. The van der Waals surface area contributed by atoms with E-state index in [9.17, 15) is 0 Å². The van der Waals surface area contributed by atoms with Crippen LogP contribution in [0.3, 0.4) is 0 Å².